The second-order valence-corrected chi connectivity index (χ2v) is 10.1. The van der Waals surface area contributed by atoms with Crippen LogP contribution >= 0.6 is 0 Å². The first-order valence-electron chi connectivity index (χ1n) is 12.0. The van der Waals surface area contributed by atoms with Gasteiger partial charge in [-0.25, -0.2) is 14.6 Å². The molecule has 0 saturated carbocycles. The third-order valence-electron chi connectivity index (χ3n) is 6.12. The molecule has 0 radical (unpaired) electrons. The molecule has 0 aliphatic carbocycles. The Bertz CT molecular complexity index is 1410. The van der Waals surface area contributed by atoms with Crippen LogP contribution in [0, 0.1) is 0 Å². The summed E-state index contributed by atoms with van der Waals surface area (Å²) in [6, 6.07) is 11.5. The molecule has 0 bridgehead atoms. The van der Waals surface area contributed by atoms with Gasteiger partial charge in [-0.1, -0.05) is 20.8 Å². The fourth-order valence-corrected chi connectivity index (χ4v) is 4.17. The van der Waals surface area contributed by atoms with Crippen molar-refractivity contribution in [2.45, 2.75) is 45.6 Å². The van der Waals surface area contributed by atoms with E-state index in [1.807, 2.05) is 34.5 Å². The van der Waals surface area contributed by atoms with E-state index >= 15 is 0 Å². The molecular formula is C26H31N7O3. The van der Waals surface area contributed by atoms with Crippen molar-refractivity contribution in [3.05, 3.63) is 48.3 Å². The predicted molar refractivity (Wildman–Crippen MR) is 138 cm³/mol. The van der Waals surface area contributed by atoms with Crippen molar-refractivity contribution in [2.24, 2.45) is 7.05 Å². The van der Waals surface area contributed by atoms with E-state index < -0.39 is 0 Å². The number of ether oxygens (including phenoxy) is 2. The lowest BCUT2D eigenvalue weighted by Gasteiger charge is -2.15. The van der Waals surface area contributed by atoms with Gasteiger partial charge in [-0.2, -0.15) is 5.10 Å². The monoisotopic (exact) mass is 489 g/mol. The van der Waals surface area contributed by atoms with Crippen LogP contribution < -0.4 is 15.4 Å². The Morgan fingerprint density at radius 1 is 1.17 bits per heavy atom. The lowest BCUT2D eigenvalue weighted by Crippen LogP contribution is -2.16. The normalized spacial score (nSPS) is 15.9. The molecule has 188 valence electrons. The summed E-state index contributed by atoms with van der Waals surface area (Å²) in [6.07, 6.45) is 2.53. The molecule has 1 fully saturated rings. The van der Waals surface area contributed by atoms with Gasteiger partial charge in [0, 0.05) is 50.4 Å². The largest absolute Gasteiger partial charge is 0.457 e. The number of anilines is 3. The molecule has 4 aromatic rings. The Kier molecular flexibility index (Phi) is 6.13. The van der Waals surface area contributed by atoms with Crippen LogP contribution in [0.15, 0.2) is 42.6 Å². The molecule has 0 unspecified atom stereocenters. The number of imidazole rings is 1. The first-order chi connectivity index (χ1) is 17.2. The standard InChI is InChI=1S/C26H31N7O3/c1-16(34)28-23-13-19(8-10-27-23)36-18-6-7-20-21(12-18)32(5)25(29-20)30-24-14-22(26(2,3)4)31-33(24)17-9-11-35-15-17/h6-8,10,12-14,17H,9,11,15H2,1-5H3,(H,29,30)(H,27,28,34)/t17-/m0/s1. The summed E-state index contributed by atoms with van der Waals surface area (Å²) in [5, 5.41) is 11.1. The van der Waals surface area contributed by atoms with Gasteiger partial charge in [0.05, 0.1) is 29.4 Å². The molecule has 1 aliphatic heterocycles. The molecule has 1 atom stereocenters. The zero-order valence-corrected chi connectivity index (χ0v) is 21.2. The first-order valence-corrected chi connectivity index (χ1v) is 12.0. The molecule has 5 rings (SSSR count). The van der Waals surface area contributed by atoms with Crippen LogP contribution in [-0.4, -0.2) is 43.4 Å². The van der Waals surface area contributed by atoms with Crippen molar-refractivity contribution in [1.29, 1.82) is 0 Å². The quantitative estimate of drug-likeness (QED) is 0.396. The van der Waals surface area contributed by atoms with Gasteiger partial charge in [0.25, 0.3) is 0 Å². The number of amides is 1. The van der Waals surface area contributed by atoms with Crippen LogP contribution in [0.1, 0.15) is 45.9 Å². The zero-order chi connectivity index (χ0) is 25.4. The Balaban J connectivity index is 1.43. The minimum atomic E-state index is -0.188. The number of nitrogens with one attached hydrogen (secondary N) is 2. The maximum absolute atomic E-state index is 11.3. The Morgan fingerprint density at radius 3 is 2.69 bits per heavy atom. The average molecular weight is 490 g/mol. The van der Waals surface area contributed by atoms with Crippen molar-refractivity contribution < 1.29 is 14.3 Å². The molecule has 0 spiro atoms. The van der Waals surface area contributed by atoms with Crippen molar-refractivity contribution in [2.75, 3.05) is 23.8 Å². The third kappa shape index (κ3) is 4.90. The highest BCUT2D eigenvalue weighted by Crippen LogP contribution is 2.32. The van der Waals surface area contributed by atoms with E-state index in [0.29, 0.717) is 29.9 Å². The summed E-state index contributed by atoms with van der Waals surface area (Å²) < 4.78 is 15.7. The maximum atomic E-state index is 11.3. The van der Waals surface area contributed by atoms with Crippen LogP contribution in [-0.2, 0) is 22.0 Å². The van der Waals surface area contributed by atoms with Gasteiger partial charge in [0.15, 0.2) is 0 Å². The highest BCUT2D eigenvalue weighted by Gasteiger charge is 2.26. The molecule has 10 nitrogen and oxygen atoms in total. The number of aromatic nitrogens is 5. The number of carbonyl (C=O) groups excluding carboxylic acids is 1. The van der Waals surface area contributed by atoms with E-state index in [1.165, 1.54) is 6.92 Å². The third-order valence-corrected chi connectivity index (χ3v) is 6.12. The summed E-state index contributed by atoms with van der Waals surface area (Å²) in [7, 11) is 1.97. The van der Waals surface area contributed by atoms with Gasteiger partial charge in [-0.05, 0) is 24.6 Å². The lowest BCUT2D eigenvalue weighted by molar-refractivity contribution is -0.114. The van der Waals surface area contributed by atoms with Crippen molar-refractivity contribution in [3.8, 4) is 11.5 Å². The number of nitrogens with zero attached hydrogens (tertiary/aromatic N) is 5. The van der Waals surface area contributed by atoms with Gasteiger partial charge >= 0.3 is 0 Å². The number of fused-ring (bicyclic) bond motifs is 1. The number of carbonyl (C=O) groups is 1. The summed E-state index contributed by atoms with van der Waals surface area (Å²) in [6.45, 7) is 9.32. The van der Waals surface area contributed by atoms with E-state index in [9.17, 15) is 4.79 Å². The highest BCUT2D eigenvalue weighted by atomic mass is 16.5. The van der Waals surface area contributed by atoms with Crippen molar-refractivity contribution >= 4 is 34.5 Å². The topological polar surface area (TPSA) is 108 Å². The Hall–Kier alpha value is -3.92. The first kappa shape index (κ1) is 23.8. The van der Waals surface area contributed by atoms with Gasteiger partial charge in [-0.3, -0.25) is 4.79 Å². The molecule has 2 N–H and O–H groups in total. The fourth-order valence-electron chi connectivity index (χ4n) is 4.17. The van der Waals surface area contributed by atoms with Crippen LogP contribution in [0.3, 0.4) is 0 Å². The van der Waals surface area contributed by atoms with Gasteiger partial charge in [-0.15, -0.1) is 0 Å². The van der Waals surface area contributed by atoms with E-state index in [2.05, 4.69) is 42.5 Å². The number of aryl methyl sites for hydroxylation is 1. The summed E-state index contributed by atoms with van der Waals surface area (Å²) >= 11 is 0. The van der Waals surface area contributed by atoms with Gasteiger partial charge in [0.1, 0.15) is 23.1 Å². The fraction of sp³-hybridized carbons (Fsp3) is 0.385. The summed E-state index contributed by atoms with van der Waals surface area (Å²) in [5.74, 6) is 3.08. The summed E-state index contributed by atoms with van der Waals surface area (Å²) in [4.78, 5) is 20.3. The number of benzene rings is 1. The predicted octanol–water partition coefficient (Wildman–Crippen LogP) is 4.92. The van der Waals surface area contributed by atoms with Crippen LogP contribution in [0.25, 0.3) is 11.0 Å². The molecule has 1 aromatic carbocycles. The minimum absolute atomic E-state index is 0.0769. The molecule has 10 heteroatoms. The van der Waals surface area contributed by atoms with E-state index in [1.54, 1.807) is 18.3 Å². The second-order valence-electron chi connectivity index (χ2n) is 10.1. The second kappa shape index (κ2) is 9.27. The number of hydrogen-bond donors (Lipinski definition) is 2. The molecule has 36 heavy (non-hydrogen) atoms. The Morgan fingerprint density at radius 2 is 1.97 bits per heavy atom. The summed E-state index contributed by atoms with van der Waals surface area (Å²) in [5.41, 5.74) is 2.69. The Labute approximate surface area is 209 Å². The SMILES string of the molecule is CC(=O)Nc1cc(Oc2ccc3nc(Nc4cc(C(C)(C)C)nn4[C@H]4CCOC4)n(C)c3c2)ccn1. The van der Waals surface area contributed by atoms with E-state index in [4.69, 9.17) is 19.6 Å². The van der Waals surface area contributed by atoms with Gasteiger partial charge in [0.2, 0.25) is 11.9 Å². The van der Waals surface area contributed by atoms with E-state index in [-0.39, 0.29) is 17.4 Å². The number of pyridine rings is 1. The number of rotatable bonds is 6. The molecule has 1 amide bonds. The average Bonchev–Trinajstić information content (AvgIpc) is 3.54. The highest BCUT2D eigenvalue weighted by molar-refractivity contribution is 5.87. The molecular weight excluding hydrogens is 458 g/mol. The van der Waals surface area contributed by atoms with E-state index in [0.717, 1.165) is 35.6 Å². The number of hydrogen-bond acceptors (Lipinski definition) is 7. The molecule has 1 saturated heterocycles. The molecule has 1 aliphatic rings. The van der Waals surface area contributed by atoms with Crippen LogP contribution in [0.5, 0.6) is 11.5 Å². The zero-order valence-electron chi connectivity index (χ0n) is 21.2. The molecule has 3 aromatic heterocycles. The lowest BCUT2D eigenvalue weighted by atomic mass is 9.92. The maximum Gasteiger partial charge on any atom is 0.222 e. The van der Waals surface area contributed by atoms with Crippen LogP contribution in [0.2, 0.25) is 0 Å². The van der Waals surface area contributed by atoms with Crippen LogP contribution in [0.4, 0.5) is 17.6 Å². The minimum Gasteiger partial charge on any atom is -0.457 e. The smallest absolute Gasteiger partial charge is 0.222 e. The van der Waals surface area contributed by atoms with Gasteiger partial charge < -0.3 is 24.7 Å². The molecule has 4 heterocycles. The van der Waals surface area contributed by atoms with Crippen molar-refractivity contribution in [1.82, 2.24) is 24.3 Å². The van der Waals surface area contributed by atoms with Crippen molar-refractivity contribution in [3.63, 3.8) is 0 Å².